The summed E-state index contributed by atoms with van der Waals surface area (Å²) < 4.78 is 1.77. The minimum Gasteiger partial charge on any atom is -0.393 e. The highest BCUT2D eigenvalue weighted by atomic mass is 32.1. The van der Waals surface area contributed by atoms with E-state index < -0.39 is 0 Å². The zero-order chi connectivity index (χ0) is 13.3. The normalized spacial score (nSPS) is 16.3. The van der Waals surface area contributed by atoms with E-state index in [0.717, 1.165) is 12.8 Å². The van der Waals surface area contributed by atoms with Crippen LogP contribution in [-0.4, -0.2) is 27.6 Å². The fourth-order valence-electron chi connectivity index (χ4n) is 1.93. The lowest BCUT2D eigenvalue weighted by molar-refractivity contribution is 0.661. The molecule has 0 radical (unpaired) electrons. The minimum absolute atomic E-state index is 0.0303. The van der Waals surface area contributed by atoms with Crippen molar-refractivity contribution in [3.63, 3.8) is 0 Å². The molecule has 1 aliphatic carbocycles. The fraction of sp³-hybridized carbons (Fsp3) is 0.583. The molecule has 1 heterocycles. The highest BCUT2D eigenvalue weighted by Gasteiger charge is 2.26. The lowest BCUT2D eigenvalue weighted by Crippen LogP contribution is -2.38. The number of thiocarbonyl (C=S) groups is 1. The molecular weight excluding hydrogens is 248 g/mol. The Kier molecular flexibility index (Phi) is 3.65. The Labute approximate surface area is 112 Å². The van der Waals surface area contributed by atoms with Crippen molar-refractivity contribution in [1.82, 2.24) is 9.55 Å². The third kappa shape index (κ3) is 2.69. The first-order valence-electron chi connectivity index (χ1n) is 6.09. The first kappa shape index (κ1) is 13.0. The van der Waals surface area contributed by atoms with Gasteiger partial charge in [0.1, 0.15) is 0 Å². The summed E-state index contributed by atoms with van der Waals surface area (Å²) in [4.78, 5) is 18.8. The van der Waals surface area contributed by atoms with Crippen LogP contribution in [0.1, 0.15) is 32.2 Å². The standard InChI is InChI=1S/C12H18N4OS/c1-8(7-10(13)18)15(2)11-12(17)16(6-5-14-11)9-3-4-9/h5-6,8-9H,3-4,7H2,1-2H3,(H2,13,18). The highest BCUT2D eigenvalue weighted by Crippen LogP contribution is 2.33. The van der Waals surface area contributed by atoms with Gasteiger partial charge in [0.15, 0.2) is 5.82 Å². The summed E-state index contributed by atoms with van der Waals surface area (Å²) >= 11 is 4.90. The van der Waals surface area contributed by atoms with E-state index in [1.54, 1.807) is 17.0 Å². The quantitative estimate of drug-likeness (QED) is 0.808. The van der Waals surface area contributed by atoms with Gasteiger partial charge in [-0.3, -0.25) is 4.79 Å². The average molecular weight is 266 g/mol. The topological polar surface area (TPSA) is 64.2 Å². The van der Waals surface area contributed by atoms with Gasteiger partial charge in [-0.25, -0.2) is 4.98 Å². The van der Waals surface area contributed by atoms with Crippen LogP contribution in [0.5, 0.6) is 0 Å². The molecule has 18 heavy (non-hydrogen) atoms. The van der Waals surface area contributed by atoms with Crippen LogP contribution in [0.25, 0.3) is 0 Å². The molecule has 0 spiro atoms. The van der Waals surface area contributed by atoms with E-state index in [2.05, 4.69) is 4.98 Å². The second-order valence-corrected chi connectivity index (χ2v) is 5.35. The SMILES string of the molecule is CC(CC(N)=S)N(C)c1nccn(C2CC2)c1=O. The summed E-state index contributed by atoms with van der Waals surface area (Å²) in [5.41, 5.74) is 5.51. The molecule has 0 saturated heterocycles. The van der Waals surface area contributed by atoms with Crippen molar-refractivity contribution in [2.45, 2.75) is 38.3 Å². The average Bonchev–Trinajstić information content (AvgIpc) is 3.11. The number of hydrogen-bond donors (Lipinski definition) is 1. The maximum absolute atomic E-state index is 12.3. The summed E-state index contributed by atoms with van der Waals surface area (Å²) in [6.45, 7) is 1.98. The maximum atomic E-state index is 12.3. The van der Waals surface area contributed by atoms with E-state index >= 15 is 0 Å². The van der Waals surface area contributed by atoms with E-state index in [4.69, 9.17) is 18.0 Å². The van der Waals surface area contributed by atoms with Crippen LogP contribution in [-0.2, 0) is 0 Å². The van der Waals surface area contributed by atoms with E-state index in [1.165, 1.54) is 0 Å². The van der Waals surface area contributed by atoms with Crippen molar-refractivity contribution in [1.29, 1.82) is 0 Å². The van der Waals surface area contributed by atoms with Crippen LogP contribution in [0.15, 0.2) is 17.2 Å². The lowest BCUT2D eigenvalue weighted by atomic mass is 10.2. The summed E-state index contributed by atoms with van der Waals surface area (Å²) in [7, 11) is 1.85. The molecule has 1 aliphatic rings. The predicted octanol–water partition coefficient (Wildman–Crippen LogP) is 1.08. The zero-order valence-electron chi connectivity index (χ0n) is 10.7. The number of aromatic nitrogens is 2. The molecule has 1 aromatic rings. The van der Waals surface area contributed by atoms with Crippen molar-refractivity contribution in [2.24, 2.45) is 5.73 Å². The molecular formula is C12H18N4OS. The van der Waals surface area contributed by atoms with Gasteiger partial charge in [-0.1, -0.05) is 12.2 Å². The van der Waals surface area contributed by atoms with E-state index in [0.29, 0.717) is 23.3 Å². The van der Waals surface area contributed by atoms with Crippen molar-refractivity contribution < 1.29 is 0 Å². The largest absolute Gasteiger partial charge is 0.393 e. The third-order valence-corrected chi connectivity index (χ3v) is 3.45. The van der Waals surface area contributed by atoms with Gasteiger partial charge in [0.2, 0.25) is 0 Å². The van der Waals surface area contributed by atoms with Crippen LogP contribution in [0, 0.1) is 0 Å². The second-order valence-electron chi connectivity index (χ2n) is 4.82. The number of rotatable bonds is 5. The molecule has 2 N–H and O–H groups in total. The van der Waals surface area contributed by atoms with E-state index in [-0.39, 0.29) is 11.6 Å². The van der Waals surface area contributed by atoms with Crippen LogP contribution in [0.3, 0.4) is 0 Å². The van der Waals surface area contributed by atoms with Gasteiger partial charge < -0.3 is 15.2 Å². The minimum atomic E-state index is -0.0303. The van der Waals surface area contributed by atoms with Gasteiger partial charge in [0.05, 0.1) is 4.99 Å². The monoisotopic (exact) mass is 266 g/mol. The molecule has 1 aromatic heterocycles. The van der Waals surface area contributed by atoms with Gasteiger partial charge in [0, 0.05) is 37.9 Å². The molecule has 1 saturated carbocycles. The summed E-state index contributed by atoms with van der Waals surface area (Å²) in [5.74, 6) is 0.466. The third-order valence-electron chi connectivity index (χ3n) is 3.28. The van der Waals surface area contributed by atoms with Gasteiger partial charge in [-0.2, -0.15) is 0 Å². The maximum Gasteiger partial charge on any atom is 0.293 e. The summed E-state index contributed by atoms with van der Waals surface area (Å²) in [6.07, 6.45) is 6.17. The highest BCUT2D eigenvalue weighted by molar-refractivity contribution is 7.80. The van der Waals surface area contributed by atoms with Gasteiger partial charge in [-0.15, -0.1) is 0 Å². The molecule has 0 amide bonds. The molecule has 5 nitrogen and oxygen atoms in total. The Morgan fingerprint density at radius 2 is 2.39 bits per heavy atom. The Balaban J connectivity index is 2.24. The first-order valence-corrected chi connectivity index (χ1v) is 6.49. The van der Waals surface area contributed by atoms with Crippen LogP contribution < -0.4 is 16.2 Å². The van der Waals surface area contributed by atoms with Crippen molar-refractivity contribution in [3.05, 3.63) is 22.7 Å². The predicted molar refractivity (Wildman–Crippen MR) is 76.0 cm³/mol. The zero-order valence-corrected chi connectivity index (χ0v) is 11.5. The molecule has 1 unspecified atom stereocenters. The number of nitrogens with zero attached hydrogens (tertiary/aromatic N) is 3. The number of nitrogens with two attached hydrogens (primary N) is 1. The number of anilines is 1. The van der Waals surface area contributed by atoms with E-state index in [1.807, 2.05) is 18.9 Å². The van der Waals surface area contributed by atoms with Crippen molar-refractivity contribution in [3.8, 4) is 0 Å². The van der Waals surface area contributed by atoms with Crippen LogP contribution >= 0.6 is 12.2 Å². The molecule has 1 atom stereocenters. The van der Waals surface area contributed by atoms with Crippen molar-refractivity contribution in [2.75, 3.05) is 11.9 Å². The van der Waals surface area contributed by atoms with Crippen LogP contribution in [0.4, 0.5) is 5.82 Å². The number of hydrogen-bond acceptors (Lipinski definition) is 4. The molecule has 2 rings (SSSR count). The second kappa shape index (κ2) is 5.06. The Hall–Kier alpha value is -1.43. The van der Waals surface area contributed by atoms with Gasteiger partial charge in [0.25, 0.3) is 5.56 Å². The molecule has 6 heteroatoms. The fourth-order valence-corrected chi connectivity index (χ4v) is 2.17. The smallest absolute Gasteiger partial charge is 0.293 e. The van der Waals surface area contributed by atoms with Gasteiger partial charge >= 0.3 is 0 Å². The molecule has 0 aliphatic heterocycles. The van der Waals surface area contributed by atoms with E-state index in [9.17, 15) is 4.79 Å². The summed E-state index contributed by atoms with van der Waals surface area (Å²) in [6, 6.07) is 0.427. The van der Waals surface area contributed by atoms with Crippen molar-refractivity contribution >= 4 is 23.0 Å². The molecule has 1 fully saturated rings. The summed E-state index contributed by atoms with van der Waals surface area (Å²) in [5, 5.41) is 0. The first-order chi connectivity index (χ1) is 8.50. The molecule has 0 bridgehead atoms. The Bertz CT molecular complexity index is 509. The van der Waals surface area contributed by atoms with Gasteiger partial charge in [-0.05, 0) is 19.8 Å². The van der Waals surface area contributed by atoms with Crippen LogP contribution in [0.2, 0.25) is 0 Å². The lowest BCUT2D eigenvalue weighted by Gasteiger charge is -2.25. The molecule has 0 aromatic carbocycles. The molecule has 98 valence electrons. The Morgan fingerprint density at radius 3 is 2.94 bits per heavy atom. The Morgan fingerprint density at radius 1 is 1.72 bits per heavy atom.